The number of nitrogens with zero attached hydrogens (tertiary/aromatic N) is 2. The molecule has 3 nitrogen and oxygen atoms in total. The Hall–Kier alpha value is -1.87. The molecule has 1 aliphatic carbocycles. The number of aromatic nitrogens is 1. The maximum atomic E-state index is 4.66. The van der Waals surface area contributed by atoms with Crippen LogP contribution < -0.4 is 10.2 Å². The van der Waals surface area contributed by atoms with Crippen molar-refractivity contribution in [2.45, 2.75) is 38.4 Å². The fraction of sp³-hybridized carbons (Fsp3) is 0.389. The van der Waals surface area contributed by atoms with Gasteiger partial charge in [-0.3, -0.25) is 0 Å². The van der Waals surface area contributed by atoms with Crippen molar-refractivity contribution in [3.8, 4) is 0 Å². The molecule has 0 spiro atoms. The second kappa shape index (κ2) is 5.49. The fourth-order valence-electron chi connectivity index (χ4n) is 3.07. The number of hydrogen-bond acceptors (Lipinski definition) is 3. The maximum Gasteiger partial charge on any atom is 0.133 e. The molecule has 2 aliphatic rings. The average Bonchev–Trinajstić information content (AvgIpc) is 3.37. The van der Waals surface area contributed by atoms with Gasteiger partial charge in [-0.15, -0.1) is 0 Å². The third-order valence-electron chi connectivity index (χ3n) is 4.46. The lowest BCUT2D eigenvalue weighted by Gasteiger charge is -2.31. The minimum atomic E-state index is 0.736. The molecular formula is C18H21N3. The molecule has 0 amide bonds. The summed E-state index contributed by atoms with van der Waals surface area (Å²) in [4.78, 5) is 7.08. The Labute approximate surface area is 126 Å². The smallest absolute Gasteiger partial charge is 0.133 e. The first-order chi connectivity index (χ1) is 10.4. The number of benzene rings is 1. The molecule has 2 aromatic rings. The summed E-state index contributed by atoms with van der Waals surface area (Å²) in [5.41, 5.74) is 4.25. The zero-order chi connectivity index (χ0) is 14.1. The van der Waals surface area contributed by atoms with Crippen LogP contribution in [0, 0.1) is 0 Å². The van der Waals surface area contributed by atoms with Crippen LogP contribution in [0.15, 0.2) is 42.6 Å². The Morgan fingerprint density at radius 2 is 1.95 bits per heavy atom. The summed E-state index contributed by atoms with van der Waals surface area (Å²) in [5, 5.41) is 3.60. The van der Waals surface area contributed by atoms with Gasteiger partial charge < -0.3 is 10.2 Å². The van der Waals surface area contributed by atoms with Gasteiger partial charge in [0.2, 0.25) is 0 Å². The molecule has 4 rings (SSSR count). The highest BCUT2D eigenvalue weighted by molar-refractivity contribution is 5.49. The van der Waals surface area contributed by atoms with E-state index in [1.165, 1.54) is 29.5 Å². The molecular weight excluding hydrogens is 258 g/mol. The van der Waals surface area contributed by atoms with E-state index in [-0.39, 0.29) is 0 Å². The van der Waals surface area contributed by atoms with Crippen LogP contribution in [0.4, 0.5) is 5.82 Å². The summed E-state index contributed by atoms with van der Waals surface area (Å²) in [6.07, 6.45) is 5.68. The van der Waals surface area contributed by atoms with Crippen molar-refractivity contribution in [2.24, 2.45) is 0 Å². The summed E-state index contributed by atoms with van der Waals surface area (Å²) >= 11 is 0. The van der Waals surface area contributed by atoms with Crippen LogP contribution in [0.25, 0.3) is 0 Å². The molecule has 0 bridgehead atoms. The van der Waals surface area contributed by atoms with Crippen molar-refractivity contribution in [1.82, 2.24) is 10.3 Å². The van der Waals surface area contributed by atoms with Crippen LogP contribution in [-0.4, -0.2) is 17.6 Å². The predicted octanol–water partition coefficient (Wildman–Crippen LogP) is 2.90. The Bertz CT molecular complexity index is 634. The minimum absolute atomic E-state index is 0.736. The lowest BCUT2D eigenvalue weighted by atomic mass is 9.99. The Morgan fingerprint density at radius 1 is 1.10 bits per heavy atom. The van der Waals surface area contributed by atoms with Crippen LogP contribution in [-0.2, 0) is 19.5 Å². The largest absolute Gasteiger partial charge is 0.352 e. The molecule has 0 unspecified atom stereocenters. The van der Waals surface area contributed by atoms with Crippen LogP contribution in [0.3, 0.4) is 0 Å². The van der Waals surface area contributed by atoms with E-state index in [1.807, 2.05) is 12.3 Å². The lowest BCUT2D eigenvalue weighted by molar-refractivity contribution is 0.669. The highest BCUT2D eigenvalue weighted by Crippen LogP contribution is 2.26. The standard InChI is InChI=1S/C18H21N3/c1-2-5-16-13-21(11-9-14(16)4-1)18-15(6-3-10-19-18)12-20-17-7-8-17/h1-6,10,17,20H,7-9,11-13H2. The number of rotatable bonds is 4. The summed E-state index contributed by atoms with van der Waals surface area (Å²) in [6.45, 7) is 2.97. The van der Waals surface area contributed by atoms with E-state index in [0.717, 1.165) is 37.9 Å². The van der Waals surface area contributed by atoms with E-state index in [0.29, 0.717) is 0 Å². The van der Waals surface area contributed by atoms with E-state index in [4.69, 9.17) is 0 Å². The van der Waals surface area contributed by atoms with Crippen molar-refractivity contribution in [1.29, 1.82) is 0 Å². The third-order valence-corrected chi connectivity index (χ3v) is 4.46. The van der Waals surface area contributed by atoms with Gasteiger partial charge >= 0.3 is 0 Å². The first-order valence-corrected chi connectivity index (χ1v) is 7.89. The van der Waals surface area contributed by atoms with Crippen LogP contribution in [0.5, 0.6) is 0 Å². The van der Waals surface area contributed by atoms with Crippen molar-refractivity contribution in [3.05, 3.63) is 59.3 Å². The van der Waals surface area contributed by atoms with Crippen molar-refractivity contribution >= 4 is 5.82 Å². The lowest BCUT2D eigenvalue weighted by Crippen LogP contribution is -2.32. The van der Waals surface area contributed by atoms with Crippen LogP contribution in [0.2, 0.25) is 0 Å². The van der Waals surface area contributed by atoms with Gasteiger partial charge in [0, 0.05) is 37.4 Å². The Morgan fingerprint density at radius 3 is 2.81 bits per heavy atom. The first-order valence-electron chi connectivity index (χ1n) is 7.89. The summed E-state index contributed by atoms with van der Waals surface area (Å²) in [6, 6.07) is 13.8. The molecule has 0 saturated heterocycles. The minimum Gasteiger partial charge on any atom is -0.352 e. The Balaban J connectivity index is 1.56. The number of fused-ring (bicyclic) bond motifs is 1. The van der Waals surface area contributed by atoms with Crippen molar-refractivity contribution in [3.63, 3.8) is 0 Å². The molecule has 2 heterocycles. The van der Waals surface area contributed by atoms with Gasteiger partial charge in [-0.25, -0.2) is 4.98 Å². The highest BCUT2D eigenvalue weighted by Gasteiger charge is 2.22. The maximum absolute atomic E-state index is 4.66. The zero-order valence-electron chi connectivity index (χ0n) is 12.3. The molecule has 1 N–H and O–H groups in total. The van der Waals surface area contributed by atoms with Crippen LogP contribution in [0.1, 0.15) is 29.5 Å². The molecule has 1 fully saturated rings. The first kappa shape index (κ1) is 12.8. The molecule has 3 heteroatoms. The fourth-order valence-corrected chi connectivity index (χ4v) is 3.07. The van der Waals surface area contributed by atoms with Gasteiger partial charge in [-0.05, 0) is 36.5 Å². The van der Waals surface area contributed by atoms with Gasteiger partial charge in [0.15, 0.2) is 0 Å². The average molecular weight is 279 g/mol. The molecule has 108 valence electrons. The second-order valence-corrected chi connectivity index (χ2v) is 6.08. The predicted molar refractivity (Wildman–Crippen MR) is 85.3 cm³/mol. The zero-order valence-corrected chi connectivity index (χ0v) is 12.3. The van der Waals surface area contributed by atoms with Gasteiger partial charge in [-0.2, -0.15) is 0 Å². The third kappa shape index (κ3) is 2.79. The molecule has 1 saturated carbocycles. The second-order valence-electron chi connectivity index (χ2n) is 6.08. The molecule has 1 aromatic heterocycles. The van der Waals surface area contributed by atoms with Gasteiger partial charge in [0.25, 0.3) is 0 Å². The van der Waals surface area contributed by atoms with E-state index >= 15 is 0 Å². The number of pyridine rings is 1. The van der Waals surface area contributed by atoms with Crippen molar-refractivity contribution < 1.29 is 0 Å². The van der Waals surface area contributed by atoms with E-state index in [1.54, 1.807) is 0 Å². The number of nitrogens with one attached hydrogen (secondary N) is 1. The molecule has 21 heavy (non-hydrogen) atoms. The SMILES string of the molecule is c1ccc2c(c1)CCN(c1ncccc1CNC1CC1)C2. The van der Waals surface area contributed by atoms with E-state index in [2.05, 4.69) is 45.5 Å². The van der Waals surface area contributed by atoms with Crippen molar-refractivity contribution in [2.75, 3.05) is 11.4 Å². The summed E-state index contributed by atoms with van der Waals surface area (Å²) in [5.74, 6) is 1.15. The van der Waals surface area contributed by atoms with E-state index in [9.17, 15) is 0 Å². The van der Waals surface area contributed by atoms with E-state index < -0.39 is 0 Å². The number of hydrogen-bond donors (Lipinski definition) is 1. The topological polar surface area (TPSA) is 28.2 Å². The monoisotopic (exact) mass is 279 g/mol. The summed E-state index contributed by atoms with van der Waals surface area (Å²) in [7, 11) is 0. The Kier molecular flexibility index (Phi) is 3.36. The molecule has 1 aliphatic heterocycles. The quantitative estimate of drug-likeness (QED) is 0.932. The molecule has 0 atom stereocenters. The summed E-state index contributed by atoms with van der Waals surface area (Å²) < 4.78 is 0. The van der Waals surface area contributed by atoms with Crippen LogP contribution >= 0.6 is 0 Å². The molecule has 1 aromatic carbocycles. The molecule has 0 radical (unpaired) electrons. The van der Waals surface area contributed by atoms with Gasteiger partial charge in [-0.1, -0.05) is 30.3 Å². The highest BCUT2D eigenvalue weighted by atomic mass is 15.2. The van der Waals surface area contributed by atoms with Gasteiger partial charge in [0.1, 0.15) is 5.82 Å². The number of anilines is 1. The van der Waals surface area contributed by atoms with Gasteiger partial charge in [0.05, 0.1) is 0 Å². The normalized spacial score (nSPS) is 17.6.